The molecule has 0 radical (unpaired) electrons. The maximum atomic E-state index is 12.3. The average Bonchev–Trinajstić information content (AvgIpc) is 2.66. The van der Waals surface area contributed by atoms with E-state index in [4.69, 9.17) is 9.73 Å². The van der Waals surface area contributed by atoms with Gasteiger partial charge in [0.25, 0.3) is 0 Å². The Kier molecular flexibility index (Phi) is 9.02. The van der Waals surface area contributed by atoms with Crippen LogP contribution in [-0.2, 0) is 15.5 Å². The van der Waals surface area contributed by atoms with Crippen molar-refractivity contribution >= 4 is 16.8 Å². The lowest BCUT2D eigenvalue weighted by molar-refractivity contribution is -0.0333. The van der Waals surface area contributed by atoms with E-state index < -0.39 is 10.8 Å². The van der Waals surface area contributed by atoms with Crippen LogP contribution in [0.4, 0.5) is 0 Å². The van der Waals surface area contributed by atoms with E-state index in [9.17, 15) is 4.21 Å². The van der Waals surface area contributed by atoms with Gasteiger partial charge in [0.1, 0.15) is 0 Å². The van der Waals surface area contributed by atoms with Crippen molar-refractivity contribution in [2.45, 2.75) is 70.1 Å². The van der Waals surface area contributed by atoms with Gasteiger partial charge in [-0.05, 0) is 40.5 Å². The molecule has 2 aliphatic rings. The highest BCUT2D eigenvalue weighted by atomic mass is 32.2. The van der Waals surface area contributed by atoms with E-state index in [2.05, 4.69) is 22.5 Å². The number of ether oxygens (including phenoxy) is 1. The quantitative estimate of drug-likeness (QED) is 0.506. The molecule has 0 aromatic rings. The highest BCUT2D eigenvalue weighted by molar-refractivity contribution is 7.86. The lowest BCUT2D eigenvalue weighted by Crippen LogP contribution is -2.56. The molecular weight excluding hydrogens is 360 g/mol. The molecule has 27 heavy (non-hydrogen) atoms. The number of nitrogens with one attached hydrogen (secondary N) is 2. The molecule has 1 aliphatic carbocycles. The monoisotopic (exact) mass is 400 g/mol. The number of rotatable bonds is 7. The van der Waals surface area contributed by atoms with Crippen LogP contribution >= 0.6 is 0 Å². The van der Waals surface area contributed by atoms with E-state index in [1.165, 1.54) is 32.1 Å². The predicted molar refractivity (Wildman–Crippen MR) is 115 cm³/mol. The van der Waals surface area contributed by atoms with Crippen LogP contribution in [0.5, 0.6) is 0 Å². The van der Waals surface area contributed by atoms with Gasteiger partial charge in [-0.15, -0.1) is 0 Å². The van der Waals surface area contributed by atoms with Crippen LogP contribution in [0.2, 0.25) is 0 Å². The molecule has 1 atom stereocenters. The number of aliphatic imine (C=N–C) groups is 1. The maximum Gasteiger partial charge on any atom is 0.191 e. The van der Waals surface area contributed by atoms with Crippen molar-refractivity contribution in [3.63, 3.8) is 0 Å². The van der Waals surface area contributed by atoms with Crippen molar-refractivity contribution in [2.75, 3.05) is 51.7 Å². The van der Waals surface area contributed by atoms with Crippen LogP contribution in [0.1, 0.15) is 59.8 Å². The number of hydrogen-bond acceptors (Lipinski definition) is 4. The Morgan fingerprint density at radius 3 is 2.41 bits per heavy atom. The van der Waals surface area contributed by atoms with Crippen molar-refractivity contribution in [1.82, 2.24) is 15.5 Å². The molecule has 1 unspecified atom stereocenters. The van der Waals surface area contributed by atoms with E-state index in [1.807, 2.05) is 20.8 Å². The fourth-order valence-corrected chi connectivity index (χ4v) is 4.86. The largest absolute Gasteiger partial charge is 0.379 e. The van der Waals surface area contributed by atoms with Gasteiger partial charge in [-0.1, -0.05) is 19.3 Å². The van der Waals surface area contributed by atoms with Gasteiger partial charge < -0.3 is 15.4 Å². The minimum atomic E-state index is -0.845. The lowest BCUT2D eigenvalue weighted by atomic mass is 9.80. The summed E-state index contributed by atoms with van der Waals surface area (Å²) in [6.45, 7) is 14.2. The third-order valence-corrected chi connectivity index (χ3v) is 7.55. The second kappa shape index (κ2) is 10.8. The topological polar surface area (TPSA) is 66.0 Å². The smallest absolute Gasteiger partial charge is 0.191 e. The summed E-state index contributed by atoms with van der Waals surface area (Å²) in [6.07, 6.45) is 6.38. The van der Waals surface area contributed by atoms with Gasteiger partial charge >= 0.3 is 0 Å². The first-order valence-corrected chi connectivity index (χ1v) is 11.9. The molecular formula is C20H40N4O2S. The van der Waals surface area contributed by atoms with Crippen LogP contribution in [0, 0.1) is 0 Å². The van der Waals surface area contributed by atoms with Gasteiger partial charge in [0, 0.05) is 53.0 Å². The van der Waals surface area contributed by atoms with Crippen LogP contribution < -0.4 is 10.6 Å². The third-order valence-electron chi connectivity index (χ3n) is 5.60. The molecule has 1 saturated heterocycles. The van der Waals surface area contributed by atoms with E-state index in [-0.39, 0.29) is 10.3 Å². The van der Waals surface area contributed by atoms with Crippen LogP contribution in [0.15, 0.2) is 4.99 Å². The number of guanidine groups is 1. The first-order chi connectivity index (χ1) is 12.9. The summed E-state index contributed by atoms with van der Waals surface area (Å²) < 4.78 is 17.7. The molecule has 0 aromatic heterocycles. The molecule has 2 fully saturated rings. The zero-order valence-corrected chi connectivity index (χ0v) is 18.6. The fraction of sp³-hybridized carbons (Fsp3) is 0.950. The van der Waals surface area contributed by atoms with Crippen LogP contribution in [0.3, 0.4) is 0 Å². The highest BCUT2D eigenvalue weighted by Gasteiger charge is 2.38. The summed E-state index contributed by atoms with van der Waals surface area (Å²) >= 11 is 0. The second-order valence-corrected chi connectivity index (χ2v) is 11.0. The maximum absolute atomic E-state index is 12.3. The van der Waals surface area contributed by atoms with Gasteiger partial charge in [-0.3, -0.25) is 14.1 Å². The fourth-order valence-electron chi connectivity index (χ4n) is 3.96. The summed E-state index contributed by atoms with van der Waals surface area (Å²) in [5.41, 5.74) is 0.179. The second-order valence-electron chi connectivity index (χ2n) is 8.67. The summed E-state index contributed by atoms with van der Waals surface area (Å²) in [6, 6.07) is 0. The van der Waals surface area contributed by atoms with Crippen molar-refractivity contribution in [1.29, 1.82) is 0 Å². The molecule has 1 heterocycles. The molecule has 1 aliphatic heterocycles. The Balaban J connectivity index is 1.98. The number of nitrogens with zero attached hydrogens (tertiary/aromatic N) is 2. The molecule has 0 amide bonds. The molecule has 2 N–H and O–H groups in total. The third kappa shape index (κ3) is 7.02. The summed E-state index contributed by atoms with van der Waals surface area (Å²) in [5.74, 6) is 1.49. The SMILES string of the molecule is CCNC(=NCC1(N2CCOCC2)CCCCC1)NCCS(=O)C(C)(C)C. The predicted octanol–water partition coefficient (Wildman–Crippen LogP) is 2.12. The molecule has 1 saturated carbocycles. The highest BCUT2D eigenvalue weighted by Crippen LogP contribution is 2.34. The Hall–Kier alpha value is -0.660. The normalized spacial score (nSPS) is 23.0. The molecule has 6 nitrogen and oxygen atoms in total. The first kappa shape index (κ1) is 22.6. The molecule has 7 heteroatoms. The summed E-state index contributed by atoms with van der Waals surface area (Å²) in [4.78, 5) is 7.58. The zero-order valence-electron chi connectivity index (χ0n) is 17.8. The van der Waals surface area contributed by atoms with Gasteiger partial charge in [0.05, 0.1) is 19.8 Å². The van der Waals surface area contributed by atoms with E-state index in [0.717, 1.165) is 45.4 Å². The Morgan fingerprint density at radius 2 is 1.81 bits per heavy atom. The minimum Gasteiger partial charge on any atom is -0.379 e. The molecule has 2 rings (SSSR count). The lowest BCUT2D eigenvalue weighted by Gasteiger charge is -2.47. The Labute approximate surface area is 168 Å². The molecule has 0 spiro atoms. The Morgan fingerprint density at radius 1 is 1.15 bits per heavy atom. The van der Waals surface area contributed by atoms with Crippen molar-refractivity contribution in [2.24, 2.45) is 4.99 Å². The van der Waals surface area contributed by atoms with Gasteiger partial charge in [-0.2, -0.15) is 0 Å². The van der Waals surface area contributed by atoms with Crippen LogP contribution in [0.25, 0.3) is 0 Å². The van der Waals surface area contributed by atoms with Crippen molar-refractivity contribution < 1.29 is 8.95 Å². The average molecular weight is 401 g/mol. The molecule has 0 aromatic carbocycles. The molecule has 0 bridgehead atoms. The van der Waals surface area contributed by atoms with E-state index >= 15 is 0 Å². The van der Waals surface area contributed by atoms with Crippen molar-refractivity contribution in [3.8, 4) is 0 Å². The number of morpholine rings is 1. The summed E-state index contributed by atoms with van der Waals surface area (Å²) in [7, 11) is -0.845. The number of hydrogen-bond donors (Lipinski definition) is 2. The zero-order chi connectivity index (χ0) is 19.8. The minimum absolute atomic E-state index is 0.167. The van der Waals surface area contributed by atoms with Gasteiger partial charge in [0.15, 0.2) is 5.96 Å². The Bertz CT molecular complexity index is 493. The van der Waals surface area contributed by atoms with Gasteiger partial charge in [-0.25, -0.2) is 0 Å². The first-order valence-electron chi connectivity index (χ1n) is 10.6. The standard InChI is InChI=1S/C20H40N4O2S/c1-5-21-18(22-11-16-27(25)19(2,3)4)23-17-20(9-7-6-8-10-20)24-12-14-26-15-13-24/h5-17H2,1-4H3,(H2,21,22,23). The van der Waals surface area contributed by atoms with E-state index in [0.29, 0.717) is 12.3 Å². The summed E-state index contributed by atoms with van der Waals surface area (Å²) in [5, 5.41) is 6.74. The van der Waals surface area contributed by atoms with Crippen molar-refractivity contribution in [3.05, 3.63) is 0 Å². The molecule has 158 valence electrons. The van der Waals surface area contributed by atoms with Crippen LogP contribution in [-0.4, -0.2) is 77.0 Å². The van der Waals surface area contributed by atoms with Gasteiger partial charge in [0.2, 0.25) is 0 Å². The van der Waals surface area contributed by atoms with E-state index in [1.54, 1.807) is 0 Å².